The van der Waals surface area contributed by atoms with Crippen molar-refractivity contribution in [3.05, 3.63) is 23.8 Å². The van der Waals surface area contributed by atoms with Crippen molar-refractivity contribution in [1.29, 1.82) is 0 Å². The number of para-hydroxylation sites is 1. The number of nitrogens with one attached hydrogen (secondary N) is 1. The van der Waals surface area contributed by atoms with Gasteiger partial charge in [0.2, 0.25) is 6.41 Å². The van der Waals surface area contributed by atoms with Crippen LogP contribution in [-0.4, -0.2) is 49.7 Å². The molecule has 0 radical (unpaired) electrons. The molecule has 1 aliphatic rings. The van der Waals surface area contributed by atoms with Crippen LogP contribution in [0.15, 0.2) is 18.2 Å². The topological polar surface area (TPSA) is 61.9 Å². The molecule has 0 aliphatic carbocycles. The summed E-state index contributed by atoms with van der Waals surface area (Å²) in [6.45, 7) is 6.39. The van der Waals surface area contributed by atoms with E-state index in [1.54, 1.807) is 25.7 Å². The second-order valence-electron chi connectivity index (χ2n) is 8.12. The third-order valence-electron chi connectivity index (χ3n) is 4.75. The van der Waals surface area contributed by atoms with E-state index in [2.05, 4.69) is 5.32 Å². The number of piperidine rings is 1. The molecule has 29 heavy (non-hydrogen) atoms. The highest BCUT2D eigenvalue weighted by Crippen LogP contribution is 2.41. The van der Waals surface area contributed by atoms with E-state index < -0.39 is 23.4 Å². The molecule has 1 aromatic rings. The number of benzene rings is 1. The average Bonchev–Trinajstić information content (AvgIpc) is 2.64. The lowest BCUT2D eigenvalue weighted by molar-refractivity contribution is -0.137. The Morgan fingerprint density at radius 3 is 2.38 bits per heavy atom. The molecule has 1 aromatic carbocycles. The Balaban J connectivity index is 2.11. The molecule has 0 spiro atoms. The Bertz CT molecular complexity index is 724. The predicted molar refractivity (Wildman–Crippen MR) is 105 cm³/mol. The Hall–Kier alpha value is -2.45. The molecule has 1 aliphatic heterocycles. The van der Waals surface area contributed by atoms with Gasteiger partial charge in [0, 0.05) is 26.7 Å². The van der Waals surface area contributed by atoms with E-state index >= 15 is 0 Å². The summed E-state index contributed by atoms with van der Waals surface area (Å²) < 4.78 is 45.8. The zero-order valence-corrected chi connectivity index (χ0v) is 17.2. The lowest BCUT2D eigenvalue weighted by Gasteiger charge is -2.35. The van der Waals surface area contributed by atoms with Crippen LogP contribution in [0.4, 0.5) is 29.3 Å². The second-order valence-corrected chi connectivity index (χ2v) is 8.12. The number of halogens is 3. The van der Waals surface area contributed by atoms with Gasteiger partial charge < -0.3 is 19.9 Å². The van der Waals surface area contributed by atoms with E-state index in [4.69, 9.17) is 4.74 Å². The first-order chi connectivity index (χ1) is 13.5. The first-order valence-electron chi connectivity index (χ1n) is 9.54. The molecule has 1 saturated heterocycles. The van der Waals surface area contributed by atoms with Gasteiger partial charge in [-0.1, -0.05) is 6.07 Å². The number of carbonyl (C=O) groups is 2. The molecule has 0 aromatic heterocycles. The monoisotopic (exact) mass is 415 g/mol. The summed E-state index contributed by atoms with van der Waals surface area (Å²) in [4.78, 5) is 26.6. The van der Waals surface area contributed by atoms with Crippen LogP contribution in [0.1, 0.15) is 39.2 Å². The minimum absolute atomic E-state index is 0.0233. The number of rotatable bonds is 5. The minimum atomic E-state index is -4.58. The van der Waals surface area contributed by atoms with Crippen LogP contribution in [0.5, 0.6) is 0 Å². The van der Waals surface area contributed by atoms with E-state index in [0.29, 0.717) is 32.3 Å². The van der Waals surface area contributed by atoms with Gasteiger partial charge in [-0.2, -0.15) is 13.2 Å². The maximum Gasteiger partial charge on any atom is 0.418 e. The van der Waals surface area contributed by atoms with Gasteiger partial charge in [0.05, 0.1) is 16.9 Å². The maximum absolute atomic E-state index is 13.5. The highest BCUT2D eigenvalue weighted by Gasteiger charge is 2.37. The lowest BCUT2D eigenvalue weighted by atomic mass is 9.96. The molecule has 0 saturated carbocycles. The number of alkyl halides is 3. The van der Waals surface area contributed by atoms with Crippen LogP contribution in [-0.2, 0) is 15.7 Å². The van der Waals surface area contributed by atoms with Crippen molar-refractivity contribution < 1.29 is 27.5 Å². The molecule has 2 rings (SSSR count). The highest BCUT2D eigenvalue weighted by molar-refractivity contribution is 5.86. The molecule has 9 heteroatoms. The smallest absolute Gasteiger partial charge is 0.418 e. The van der Waals surface area contributed by atoms with Gasteiger partial charge in [-0.05, 0) is 51.7 Å². The van der Waals surface area contributed by atoms with E-state index in [-0.39, 0.29) is 23.8 Å². The number of anilines is 2. The van der Waals surface area contributed by atoms with E-state index in [1.807, 2.05) is 0 Å². The van der Waals surface area contributed by atoms with Crippen LogP contribution in [0.25, 0.3) is 0 Å². The fourth-order valence-electron chi connectivity index (χ4n) is 3.37. The molecule has 1 fully saturated rings. The molecular weight excluding hydrogens is 387 g/mol. The van der Waals surface area contributed by atoms with Gasteiger partial charge in [0.1, 0.15) is 5.60 Å². The first kappa shape index (κ1) is 22.8. The van der Waals surface area contributed by atoms with E-state index in [0.717, 1.165) is 11.0 Å². The molecule has 0 bridgehead atoms. The van der Waals surface area contributed by atoms with Gasteiger partial charge >= 0.3 is 12.3 Å². The highest BCUT2D eigenvalue weighted by atomic mass is 19.4. The van der Waals surface area contributed by atoms with Crippen molar-refractivity contribution >= 4 is 23.9 Å². The third kappa shape index (κ3) is 6.01. The zero-order valence-electron chi connectivity index (χ0n) is 17.2. The summed E-state index contributed by atoms with van der Waals surface area (Å²) in [5, 5.41) is 2.73. The maximum atomic E-state index is 13.5. The van der Waals surface area contributed by atoms with Crippen LogP contribution >= 0.6 is 0 Å². The molecule has 6 nitrogen and oxygen atoms in total. The Labute approximate surface area is 169 Å². The normalized spacial score (nSPS) is 15.8. The van der Waals surface area contributed by atoms with E-state index in [1.165, 1.54) is 19.2 Å². The van der Waals surface area contributed by atoms with Crippen molar-refractivity contribution in [3.8, 4) is 0 Å². The Morgan fingerprint density at radius 1 is 1.28 bits per heavy atom. The quantitative estimate of drug-likeness (QED) is 0.726. The molecule has 0 atom stereocenters. The second kappa shape index (κ2) is 8.92. The van der Waals surface area contributed by atoms with Gasteiger partial charge in [0.25, 0.3) is 0 Å². The third-order valence-corrected chi connectivity index (χ3v) is 4.75. The largest absolute Gasteiger partial charge is 0.444 e. The van der Waals surface area contributed by atoms with Crippen LogP contribution < -0.4 is 10.2 Å². The number of ether oxygens (including phenoxy) is 1. The predicted octanol–water partition coefficient (Wildman–Crippen LogP) is 4.36. The van der Waals surface area contributed by atoms with Gasteiger partial charge in [0.15, 0.2) is 0 Å². The zero-order chi connectivity index (χ0) is 21.8. The van der Waals surface area contributed by atoms with E-state index in [9.17, 15) is 22.8 Å². The molecule has 1 heterocycles. The van der Waals surface area contributed by atoms with Crippen molar-refractivity contribution in [2.24, 2.45) is 5.92 Å². The number of carbonyl (C=O) groups excluding carboxylic acids is 2. The first-order valence-corrected chi connectivity index (χ1v) is 9.54. The minimum Gasteiger partial charge on any atom is -0.444 e. The number of amides is 2. The number of hydrogen-bond donors (Lipinski definition) is 1. The number of likely N-dealkylation sites (tertiary alicyclic amines) is 1. The van der Waals surface area contributed by atoms with Gasteiger partial charge in [-0.3, -0.25) is 4.79 Å². The van der Waals surface area contributed by atoms with Crippen LogP contribution in [0, 0.1) is 5.92 Å². The van der Waals surface area contributed by atoms with Crippen LogP contribution in [0.2, 0.25) is 0 Å². The average molecular weight is 415 g/mol. The molecule has 2 amide bonds. The van der Waals surface area contributed by atoms with Crippen LogP contribution in [0.3, 0.4) is 0 Å². The summed E-state index contributed by atoms with van der Waals surface area (Å²) in [7, 11) is 1.52. The number of hydrogen-bond acceptors (Lipinski definition) is 4. The summed E-state index contributed by atoms with van der Waals surface area (Å²) in [6.07, 6.45) is -3.39. The van der Waals surface area contributed by atoms with Crippen molar-refractivity contribution in [2.45, 2.75) is 45.4 Å². The fourth-order valence-corrected chi connectivity index (χ4v) is 3.37. The summed E-state index contributed by atoms with van der Waals surface area (Å²) in [5.41, 5.74) is -1.39. The summed E-state index contributed by atoms with van der Waals surface area (Å²) >= 11 is 0. The number of nitrogens with zero attached hydrogens (tertiary/aromatic N) is 2. The fraction of sp³-hybridized carbons (Fsp3) is 0.600. The molecule has 162 valence electrons. The summed E-state index contributed by atoms with van der Waals surface area (Å²) in [5.74, 6) is -0.0233. The van der Waals surface area contributed by atoms with Crippen molar-refractivity contribution in [2.75, 3.05) is 36.9 Å². The summed E-state index contributed by atoms with van der Waals surface area (Å²) in [6, 6.07) is 3.78. The van der Waals surface area contributed by atoms with Gasteiger partial charge in [-0.25, -0.2) is 4.79 Å². The molecule has 1 N–H and O–H groups in total. The van der Waals surface area contributed by atoms with Crippen molar-refractivity contribution in [3.63, 3.8) is 0 Å². The Morgan fingerprint density at radius 2 is 1.90 bits per heavy atom. The standard InChI is InChI=1S/C20H28F3N3O3/c1-19(2,3)29-18(28)25-10-8-14(9-11-25)12-26(13-27)17-15(20(21,22)23)6-5-7-16(17)24-4/h5-7,13-14,24H,8-12H2,1-4H3. The SMILES string of the molecule is CNc1cccc(C(F)(F)F)c1N(C=O)CC1CCN(C(=O)OC(C)(C)C)CC1. The van der Waals surface area contributed by atoms with Crippen molar-refractivity contribution in [1.82, 2.24) is 4.90 Å². The molecule has 0 unspecified atom stereocenters. The molecular formula is C20H28F3N3O3. The van der Waals surface area contributed by atoms with Gasteiger partial charge in [-0.15, -0.1) is 0 Å². The lowest BCUT2D eigenvalue weighted by Crippen LogP contribution is -2.43. The Kier molecular flexibility index (Phi) is 7.02.